The minimum atomic E-state index is 0.687. The van der Waals surface area contributed by atoms with E-state index in [2.05, 4.69) is 6.92 Å². The van der Waals surface area contributed by atoms with E-state index >= 15 is 0 Å². The molecule has 0 aromatic heterocycles. The van der Waals surface area contributed by atoms with Crippen LogP contribution in [0.2, 0.25) is 5.02 Å². The van der Waals surface area contributed by atoms with Gasteiger partial charge in [-0.1, -0.05) is 24.6 Å². The number of methoxy groups -OCH3 is 1. The fourth-order valence-electron chi connectivity index (χ4n) is 0.930. The molecule has 1 nitrogen and oxygen atoms in total. The van der Waals surface area contributed by atoms with Gasteiger partial charge in [0.05, 0.1) is 12.1 Å². The van der Waals surface area contributed by atoms with E-state index in [9.17, 15) is 0 Å². The first-order valence-electron chi connectivity index (χ1n) is 3.60. The van der Waals surface area contributed by atoms with Crippen molar-refractivity contribution in [3.8, 4) is 5.75 Å². The first-order chi connectivity index (χ1) is 5.27. The van der Waals surface area contributed by atoms with Gasteiger partial charge in [0.25, 0.3) is 0 Å². The van der Waals surface area contributed by atoms with Crippen LogP contribution in [0.1, 0.15) is 12.5 Å². The smallest absolute Gasteiger partial charge is 0.137 e. The molecule has 0 unspecified atom stereocenters. The van der Waals surface area contributed by atoms with Gasteiger partial charge in [0.15, 0.2) is 0 Å². The van der Waals surface area contributed by atoms with Crippen LogP contribution in [0.15, 0.2) is 18.2 Å². The third-order valence-corrected chi connectivity index (χ3v) is 1.92. The van der Waals surface area contributed by atoms with E-state index in [4.69, 9.17) is 16.3 Å². The first kappa shape index (κ1) is 8.41. The Balaban J connectivity index is 2.99. The van der Waals surface area contributed by atoms with Gasteiger partial charge in [0.2, 0.25) is 0 Å². The summed E-state index contributed by atoms with van der Waals surface area (Å²) in [5.74, 6) is 0.740. The molecule has 0 spiro atoms. The van der Waals surface area contributed by atoms with Crippen LogP contribution in [-0.2, 0) is 6.42 Å². The summed E-state index contributed by atoms with van der Waals surface area (Å²) < 4.78 is 5.01. The topological polar surface area (TPSA) is 9.23 Å². The zero-order chi connectivity index (χ0) is 8.27. The van der Waals surface area contributed by atoms with Crippen LogP contribution in [0, 0.1) is 0 Å². The minimum Gasteiger partial charge on any atom is -0.495 e. The summed E-state index contributed by atoms with van der Waals surface area (Å²) in [5.41, 5.74) is 1.23. The molecule has 0 radical (unpaired) electrons. The second-order valence-electron chi connectivity index (χ2n) is 2.32. The number of halogens is 1. The predicted octanol–water partition coefficient (Wildman–Crippen LogP) is 2.91. The van der Waals surface area contributed by atoms with Crippen LogP contribution in [0.3, 0.4) is 0 Å². The van der Waals surface area contributed by atoms with E-state index in [1.54, 1.807) is 7.11 Å². The van der Waals surface area contributed by atoms with Gasteiger partial charge in [0, 0.05) is 0 Å². The maximum Gasteiger partial charge on any atom is 0.137 e. The maximum absolute atomic E-state index is 5.88. The van der Waals surface area contributed by atoms with Crippen molar-refractivity contribution in [3.63, 3.8) is 0 Å². The van der Waals surface area contributed by atoms with E-state index in [0.717, 1.165) is 12.2 Å². The molecule has 0 aliphatic heterocycles. The Kier molecular flexibility index (Phi) is 2.77. The van der Waals surface area contributed by atoms with Gasteiger partial charge in [-0.25, -0.2) is 0 Å². The maximum atomic E-state index is 5.88. The lowest BCUT2D eigenvalue weighted by molar-refractivity contribution is 0.415. The Labute approximate surface area is 71.9 Å². The SMILES string of the molecule is CCc1ccc(OC)c(Cl)c1. The van der Waals surface area contributed by atoms with Gasteiger partial charge >= 0.3 is 0 Å². The fraction of sp³-hybridized carbons (Fsp3) is 0.333. The van der Waals surface area contributed by atoms with Crippen molar-refractivity contribution in [2.45, 2.75) is 13.3 Å². The lowest BCUT2D eigenvalue weighted by atomic mass is 10.2. The van der Waals surface area contributed by atoms with Gasteiger partial charge in [-0.15, -0.1) is 0 Å². The molecule has 1 aromatic rings. The molecule has 0 N–H and O–H groups in total. The summed E-state index contributed by atoms with van der Waals surface area (Å²) in [6.07, 6.45) is 1.00. The highest BCUT2D eigenvalue weighted by Gasteiger charge is 1.98. The molecule has 0 aliphatic carbocycles. The zero-order valence-electron chi connectivity index (χ0n) is 6.73. The molecule has 0 bridgehead atoms. The molecule has 0 atom stereocenters. The van der Waals surface area contributed by atoms with Crippen molar-refractivity contribution in [1.82, 2.24) is 0 Å². The Hall–Kier alpha value is -0.690. The van der Waals surface area contributed by atoms with E-state index in [0.29, 0.717) is 5.02 Å². The summed E-state index contributed by atoms with van der Waals surface area (Å²) in [7, 11) is 1.62. The molecule has 11 heavy (non-hydrogen) atoms. The fourth-order valence-corrected chi connectivity index (χ4v) is 1.21. The molecule has 0 saturated heterocycles. The van der Waals surface area contributed by atoms with E-state index in [-0.39, 0.29) is 0 Å². The number of hydrogen-bond acceptors (Lipinski definition) is 1. The molecule has 2 heteroatoms. The van der Waals surface area contributed by atoms with Crippen molar-refractivity contribution < 1.29 is 4.74 Å². The quantitative estimate of drug-likeness (QED) is 0.663. The van der Waals surface area contributed by atoms with Crippen LogP contribution in [0.25, 0.3) is 0 Å². The number of rotatable bonds is 2. The lowest BCUT2D eigenvalue weighted by Gasteiger charge is -2.03. The van der Waals surface area contributed by atoms with Crippen molar-refractivity contribution in [2.24, 2.45) is 0 Å². The largest absolute Gasteiger partial charge is 0.495 e. The van der Waals surface area contributed by atoms with Crippen molar-refractivity contribution in [3.05, 3.63) is 28.8 Å². The van der Waals surface area contributed by atoms with Crippen LogP contribution in [0.4, 0.5) is 0 Å². The minimum absolute atomic E-state index is 0.687. The summed E-state index contributed by atoms with van der Waals surface area (Å²) in [6, 6.07) is 5.84. The molecule has 0 amide bonds. The summed E-state index contributed by atoms with van der Waals surface area (Å²) in [4.78, 5) is 0. The van der Waals surface area contributed by atoms with Gasteiger partial charge in [-0.05, 0) is 24.1 Å². The average Bonchev–Trinajstić information content (AvgIpc) is 2.04. The van der Waals surface area contributed by atoms with Crippen LogP contribution in [0.5, 0.6) is 5.75 Å². The molecule has 60 valence electrons. The molecule has 0 fully saturated rings. The molecule has 0 aliphatic rings. The Morgan fingerprint density at radius 2 is 2.18 bits per heavy atom. The van der Waals surface area contributed by atoms with E-state index in [1.165, 1.54) is 5.56 Å². The highest BCUT2D eigenvalue weighted by molar-refractivity contribution is 6.32. The first-order valence-corrected chi connectivity index (χ1v) is 3.98. The zero-order valence-corrected chi connectivity index (χ0v) is 7.48. The van der Waals surface area contributed by atoms with E-state index < -0.39 is 0 Å². The van der Waals surface area contributed by atoms with Crippen LogP contribution < -0.4 is 4.74 Å². The summed E-state index contributed by atoms with van der Waals surface area (Å²) in [6.45, 7) is 2.10. The molecule has 0 heterocycles. The van der Waals surface area contributed by atoms with Gasteiger partial charge in [0.1, 0.15) is 5.75 Å². The number of benzene rings is 1. The van der Waals surface area contributed by atoms with Crippen molar-refractivity contribution in [1.29, 1.82) is 0 Å². The summed E-state index contributed by atoms with van der Waals surface area (Å²) in [5, 5.41) is 0.687. The second kappa shape index (κ2) is 3.63. The second-order valence-corrected chi connectivity index (χ2v) is 2.73. The van der Waals surface area contributed by atoms with Gasteiger partial charge in [-0.3, -0.25) is 0 Å². The number of ether oxygens (including phenoxy) is 1. The van der Waals surface area contributed by atoms with Crippen LogP contribution in [-0.4, -0.2) is 7.11 Å². The molecule has 0 saturated carbocycles. The van der Waals surface area contributed by atoms with Gasteiger partial charge < -0.3 is 4.74 Å². The van der Waals surface area contributed by atoms with E-state index in [1.807, 2.05) is 18.2 Å². The Bertz CT molecular complexity index is 245. The number of aryl methyl sites for hydroxylation is 1. The molecular formula is C9H11ClO. The third kappa shape index (κ3) is 1.87. The normalized spacial score (nSPS) is 9.73. The molecule has 1 rings (SSSR count). The highest BCUT2D eigenvalue weighted by atomic mass is 35.5. The van der Waals surface area contributed by atoms with Crippen molar-refractivity contribution >= 4 is 11.6 Å². The monoisotopic (exact) mass is 170 g/mol. The van der Waals surface area contributed by atoms with Crippen molar-refractivity contribution in [2.75, 3.05) is 7.11 Å². The predicted molar refractivity (Wildman–Crippen MR) is 47.4 cm³/mol. The van der Waals surface area contributed by atoms with Crippen LogP contribution >= 0.6 is 11.6 Å². The standard InChI is InChI=1S/C9H11ClO/c1-3-7-4-5-9(11-2)8(10)6-7/h4-6H,3H2,1-2H3. The molecule has 1 aromatic carbocycles. The lowest BCUT2D eigenvalue weighted by Crippen LogP contribution is -1.85. The highest BCUT2D eigenvalue weighted by Crippen LogP contribution is 2.24. The third-order valence-electron chi connectivity index (χ3n) is 1.62. The average molecular weight is 171 g/mol. The number of hydrogen-bond donors (Lipinski definition) is 0. The van der Waals surface area contributed by atoms with Gasteiger partial charge in [-0.2, -0.15) is 0 Å². The summed E-state index contributed by atoms with van der Waals surface area (Å²) >= 11 is 5.88. The molecular weight excluding hydrogens is 160 g/mol. The Morgan fingerprint density at radius 3 is 2.64 bits per heavy atom. The Morgan fingerprint density at radius 1 is 1.45 bits per heavy atom.